The monoisotopic (exact) mass is 231 g/mol. The van der Waals surface area contributed by atoms with Gasteiger partial charge in [0.25, 0.3) is 0 Å². The number of anilines is 1. The summed E-state index contributed by atoms with van der Waals surface area (Å²) in [7, 11) is 0. The topological polar surface area (TPSA) is 53.1 Å². The highest BCUT2D eigenvalue weighted by Gasteiger charge is 2.37. The van der Waals surface area contributed by atoms with E-state index >= 15 is 0 Å². The van der Waals surface area contributed by atoms with Crippen molar-refractivity contribution >= 4 is 5.95 Å². The van der Waals surface area contributed by atoms with E-state index in [0.29, 0.717) is 17.9 Å². The van der Waals surface area contributed by atoms with Crippen LogP contribution in [0.2, 0.25) is 0 Å². The molecule has 17 heavy (non-hydrogen) atoms. The van der Waals surface area contributed by atoms with Gasteiger partial charge < -0.3 is 5.32 Å². The van der Waals surface area contributed by atoms with Gasteiger partial charge in [-0.25, -0.2) is 9.97 Å². The van der Waals surface area contributed by atoms with Crippen LogP contribution < -0.4 is 10.7 Å². The van der Waals surface area contributed by atoms with E-state index in [9.17, 15) is 0 Å². The van der Waals surface area contributed by atoms with E-state index in [1.54, 1.807) is 12.4 Å². The van der Waals surface area contributed by atoms with Gasteiger partial charge in [-0.05, 0) is 18.9 Å². The van der Waals surface area contributed by atoms with E-state index in [4.69, 9.17) is 0 Å². The molecular weight excluding hydrogens is 214 g/mol. The Balaban J connectivity index is 1.77. The fourth-order valence-electron chi connectivity index (χ4n) is 2.71. The highest BCUT2D eigenvalue weighted by molar-refractivity contribution is 5.27. The number of aromatic nitrogens is 2. The van der Waals surface area contributed by atoms with Gasteiger partial charge in [-0.15, -0.1) is 0 Å². The minimum absolute atomic E-state index is 0.504. The van der Waals surface area contributed by atoms with E-state index in [0.717, 1.165) is 13.0 Å². The van der Waals surface area contributed by atoms with E-state index < -0.39 is 0 Å². The predicted octanol–water partition coefficient (Wildman–Crippen LogP) is 1.35. The van der Waals surface area contributed by atoms with E-state index in [1.165, 1.54) is 12.1 Å². The van der Waals surface area contributed by atoms with Crippen LogP contribution in [0, 0.1) is 5.92 Å². The van der Waals surface area contributed by atoms with Gasteiger partial charge in [0.2, 0.25) is 5.95 Å². The van der Waals surface area contributed by atoms with E-state index in [1.807, 2.05) is 6.07 Å². The molecule has 0 saturated carbocycles. The molecular formula is C12H17N5. The van der Waals surface area contributed by atoms with Gasteiger partial charge in [0.05, 0.1) is 6.04 Å². The summed E-state index contributed by atoms with van der Waals surface area (Å²) in [4.78, 5) is 8.38. The lowest BCUT2D eigenvalue weighted by Gasteiger charge is -2.27. The van der Waals surface area contributed by atoms with Crippen molar-refractivity contribution < 1.29 is 0 Å². The van der Waals surface area contributed by atoms with Crippen LogP contribution in [-0.4, -0.2) is 27.6 Å². The zero-order valence-electron chi connectivity index (χ0n) is 9.93. The molecule has 90 valence electrons. The lowest BCUT2D eigenvalue weighted by atomic mass is 9.97. The average molecular weight is 231 g/mol. The standard InChI is InChI=1S/C12H17N5/c1-2-11-9-4-7-13-10(9)8-17(11)16-12-14-5-3-6-15-12/h3,5-6,8-9,11,13H,2,4,7H2,1H3,(H,14,15,16). The summed E-state index contributed by atoms with van der Waals surface area (Å²) in [5.41, 5.74) is 4.61. The molecule has 2 aliphatic heterocycles. The number of hydrazine groups is 1. The summed E-state index contributed by atoms with van der Waals surface area (Å²) in [5, 5.41) is 5.58. The summed E-state index contributed by atoms with van der Waals surface area (Å²) in [6.45, 7) is 3.32. The van der Waals surface area contributed by atoms with Crippen LogP contribution in [0.15, 0.2) is 30.4 Å². The number of fused-ring (bicyclic) bond motifs is 1. The predicted molar refractivity (Wildman–Crippen MR) is 65.8 cm³/mol. The molecule has 0 radical (unpaired) electrons. The first-order valence-corrected chi connectivity index (χ1v) is 6.16. The van der Waals surface area contributed by atoms with Crippen molar-refractivity contribution in [2.75, 3.05) is 12.0 Å². The van der Waals surface area contributed by atoms with Gasteiger partial charge in [-0.2, -0.15) is 0 Å². The highest BCUT2D eigenvalue weighted by Crippen LogP contribution is 2.34. The Hall–Kier alpha value is -1.78. The molecule has 2 unspecified atom stereocenters. The Bertz CT molecular complexity index is 416. The van der Waals surface area contributed by atoms with Crippen LogP contribution in [0.1, 0.15) is 19.8 Å². The molecule has 1 fully saturated rings. The second-order valence-corrected chi connectivity index (χ2v) is 4.47. The summed E-state index contributed by atoms with van der Waals surface area (Å²) >= 11 is 0. The minimum atomic E-state index is 0.504. The van der Waals surface area contributed by atoms with Crippen molar-refractivity contribution in [1.82, 2.24) is 20.3 Å². The molecule has 1 saturated heterocycles. The number of hydrogen-bond acceptors (Lipinski definition) is 5. The third kappa shape index (κ3) is 1.81. The maximum atomic E-state index is 4.19. The van der Waals surface area contributed by atoms with Crippen LogP contribution >= 0.6 is 0 Å². The summed E-state index contributed by atoms with van der Waals surface area (Å²) in [6, 6.07) is 2.32. The molecule has 3 heterocycles. The first-order valence-electron chi connectivity index (χ1n) is 6.16. The van der Waals surface area contributed by atoms with Gasteiger partial charge in [0.15, 0.2) is 0 Å². The fraction of sp³-hybridized carbons (Fsp3) is 0.500. The van der Waals surface area contributed by atoms with Crippen LogP contribution in [0.3, 0.4) is 0 Å². The van der Waals surface area contributed by atoms with Crippen molar-refractivity contribution in [2.45, 2.75) is 25.8 Å². The van der Waals surface area contributed by atoms with Crippen molar-refractivity contribution in [3.05, 3.63) is 30.4 Å². The second kappa shape index (κ2) is 4.24. The van der Waals surface area contributed by atoms with Crippen LogP contribution in [0.5, 0.6) is 0 Å². The van der Waals surface area contributed by atoms with E-state index in [-0.39, 0.29) is 0 Å². The number of rotatable bonds is 3. The first-order chi connectivity index (χ1) is 8.38. The largest absolute Gasteiger partial charge is 0.387 e. The molecule has 2 atom stereocenters. The molecule has 0 amide bonds. The van der Waals surface area contributed by atoms with Gasteiger partial charge in [-0.3, -0.25) is 10.4 Å². The van der Waals surface area contributed by atoms with Gasteiger partial charge >= 0.3 is 0 Å². The Morgan fingerprint density at radius 2 is 2.29 bits per heavy atom. The second-order valence-electron chi connectivity index (χ2n) is 4.47. The molecule has 0 spiro atoms. The van der Waals surface area contributed by atoms with E-state index in [2.05, 4.69) is 38.8 Å². The van der Waals surface area contributed by atoms with Crippen LogP contribution in [0.25, 0.3) is 0 Å². The third-order valence-corrected chi connectivity index (χ3v) is 3.50. The minimum Gasteiger partial charge on any atom is -0.387 e. The Morgan fingerprint density at radius 1 is 1.47 bits per heavy atom. The Kier molecular flexibility index (Phi) is 2.59. The highest BCUT2D eigenvalue weighted by atomic mass is 15.6. The van der Waals surface area contributed by atoms with Gasteiger partial charge in [-0.1, -0.05) is 6.92 Å². The molecule has 2 N–H and O–H groups in total. The Labute approximate surface area is 101 Å². The van der Waals surface area contributed by atoms with Crippen molar-refractivity contribution in [1.29, 1.82) is 0 Å². The maximum absolute atomic E-state index is 4.19. The maximum Gasteiger partial charge on any atom is 0.241 e. The molecule has 0 aromatic carbocycles. The third-order valence-electron chi connectivity index (χ3n) is 3.50. The van der Waals surface area contributed by atoms with Crippen LogP contribution in [-0.2, 0) is 0 Å². The zero-order valence-corrected chi connectivity index (χ0v) is 9.93. The van der Waals surface area contributed by atoms with Gasteiger partial charge in [0, 0.05) is 36.8 Å². The molecule has 0 aliphatic carbocycles. The molecule has 0 bridgehead atoms. The molecule has 5 nitrogen and oxygen atoms in total. The normalized spacial score (nSPS) is 26.4. The molecule has 3 rings (SSSR count). The first kappa shape index (κ1) is 10.4. The van der Waals surface area contributed by atoms with Crippen molar-refractivity contribution in [2.24, 2.45) is 5.92 Å². The quantitative estimate of drug-likeness (QED) is 0.822. The van der Waals surface area contributed by atoms with Crippen molar-refractivity contribution in [3.63, 3.8) is 0 Å². The number of nitrogens with one attached hydrogen (secondary N) is 2. The number of hydrogen-bond donors (Lipinski definition) is 2. The smallest absolute Gasteiger partial charge is 0.241 e. The van der Waals surface area contributed by atoms with Gasteiger partial charge in [0.1, 0.15) is 0 Å². The molecule has 1 aromatic rings. The lowest BCUT2D eigenvalue weighted by Crippen LogP contribution is -2.36. The van der Waals surface area contributed by atoms with Crippen molar-refractivity contribution in [3.8, 4) is 0 Å². The lowest BCUT2D eigenvalue weighted by molar-refractivity contribution is 0.282. The summed E-state index contributed by atoms with van der Waals surface area (Å²) in [5.74, 6) is 1.29. The zero-order chi connectivity index (χ0) is 11.7. The molecule has 5 heteroatoms. The average Bonchev–Trinajstić information content (AvgIpc) is 2.90. The molecule has 2 aliphatic rings. The Morgan fingerprint density at radius 3 is 3.06 bits per heavy atom. The summed E-state index contributed by atoms with van der Waals surface area (Å²) in [6.07, 6.45) is 7.99. The summed E-state index contributed by atoms with van der Waals surface area (Å²) < 4.78 is 0. The van der Waals surface area contributed by atoms with Crippen LogP contribution in [0.4, 0.5) is 5.95 Å². The molecule has 1 aromatic heterocycles. The SMILES string of the molecule is CCC1C2CCNC2=CN1Nc1ncccn1. The fourth-order valence-corrected chi connectivity index (χ4v) is 2.71. The number of nitrogens with zero attached hydrogens (tertiary/aromatic N) is 3.